The molecule has 1 unspecified atom stereocenters. The lowest BCUT2D eigenvalue weighted by Crippen LogP contribution is -2.46. The summed E-state index contributed by atoms with van der Waals surface area (Å²) < 4.78 is 0. The van der Waals surface area contributed by atoms with E-state index in [1.165, 1.54) is 4.88 Å². The molecule has 1 aliphatic rings. The molecule has 1 saturated heterocycles. The van der Waals surface area contributed by atoms with Crippen LogP contribution in [-0.4, -0.2) is 30.4 Å². The number of likely N-dealkylation sites (N-methyl/N-ethyl adjacent to an activating group) is 1. The van der Waals surface area contributed by atoms with Crippen molar-refractivity contribution in [1.82, 2.24) is 10.2 Å². The first-order valence-corrected chi connectivity index (χ1v) is 6.34. The van der Waals surface area contributed by atoms with E-state index in [1.807, 2.05) is 18.5 Å². The fourth-order valence-electron chi connectivity index (χ4n) is 1.91. The van der Waals surface area contributed by atoms with Crippen LogP contribution in [0.2, 0.25) is 0 Å². The maximum absolute atomic E-state index is 11.3. The normalized spacial score (nSPS) is 21.4. The summed E-state index contributed by atoms with van der Waals surface area (Å²) in [5.74, 6) is 0.244. The van der Waals surface area contributed by atoms with Crippen molar-refractivity contribution in [1.29, 1.82) is 0 Å². The second kappa shape index (κ2) is 4.84. The monoisotopic (exact) mass is 239 g/mol. The highest BCUT2D eigenvalue weighted by atomic mass is 32.1. The zero-order valence-corrected chi connectivity index (χ0v) is 10.2. The molecule has 0 saturated carbocycles. The maximum Gasteiger partial charge on any atom is 0.222 e. The van der Waals surface area contributed by atoms with E-state index >= 15 is 0 Å². The molecule has 1 aliphatic heterocycles. The van der Waals surface area contributed by atoms with Crippen LogP contribution in [0.3, 0.4) is 0 Å². The van der Waals surface area contributed by atoms with Crippen molar-refractivity contribution in [3.05, 3.63) is 16.3 Å². The largest absolute Gasteiger partial charge is 0.398 e. The Hall–Kier alpha value is -1.07. The van der Waals surface area contributed by atoms with Gasteiger partial charge >= 0.3 is 0 Å². The predicted octanol–water partition coefficient (Wildman–Crippen LogP) is 1.04. The van der Waals surface area contributed by atoms with Gasteiger partial charge in [-0.3, -0.25) is 4.79 Å². The minimum atomic E-state index is 0.244. The van der Waals surface area contributed by atoms with Gasteiger partial charge in [-0.05, 0) is 17.9 Å². The predicted molar refractivity (Wildman–Crippen MR) is 66.2 cm³/mol. The van der Waals surface area contributed by atoms with Gasteiger partial charge in [0.25, 0.3) is 0 Å². The number of rotatable bonds is 3. The summed E-state index contributed by atoms with van der Waals surface area (Å²) in [6.07, 6.45) is 1.57. The van der Waals surface area contributed by atoms with Crippen molar-refractivity contribution in [2.45, 2.75) is 25.4 Å². The summed E-state index contributed by atoms with van der Waals surface area (Å²) in [5, 5.41) is 5.46. The molecule has 3 N–H and O–H groups in total. The third-order valence-corrected chi connectivity index (χ3v) is 3.89. The van der Waals surface area contributed by atoms with Crippen molar-refractivity contribution in [2.24, 2.45) is 0 Å². The second-order valence-corrected chi connectivity index (χ2v) is 5.19. The first-order valence-electron chi connectivity index (χ1n) is 5.46. The molecule has 1 fully saturated rings. The van der Waals surface area contributed by atoms with Gasteiger partial charge in [-0.1, -0.05) is 0 Å². The molecule has 0 spiro atoms. The highest BCUT2D eigenvalue weighted by molar-refractivity contribution is 7.10. The Kier molecular flexibility index (Phi) is 3.46. The Labute approximate surface area is 99.4 Å². The highest BCUT2D eigenvalue weighted by Crippen LogP contribution is 2.19. The van der Waals surface area contributed by atoms with Crippen molar-refractivity contribution < 1.29 is 4.79 Å². The SMILES string of the molecule is CN1CC(NCc2sccc2N)CCC1=O. The molecule has 5 heteroatoms. The van der Waals surface area contributed by atoms with Crippen molar-refractivity contribution in [2.75, 3.05) is 19.3 Å². The minimum Gasteiger partial charge on any atom is -0.398 e. The fraction of sp³-hybridized carbons (Fsp3) is 0.545. The number of nitrogens with zero attached hydrogens (tertiary/aromatic N) is 1. The van der Waals surface area contributed by atoms with Gasteiger partial charge in [-0.15, -0.1) is 11.3 Å². The van der Waals surface area contributed by atoms with E-state index in [4.69, 9.17) is 5.73 Å². The van der Waals surface area contributed by atoms with Crippen LogP contribution < -0.4 is 11.1 Å². The van der Waals surface area contributed by atoms with Gasteiger partial charge in [-0.25, -0.2) is 0 Å². The fourth-order valence-corrected chi connectivity index (χ4v) is 2.66. The molecule has 0 aromatic carbocycles. The molecule has 1 amide bonds. The number of hydrogen-bond donors (Lipinski definition) is 2. The first kappa shape index (κ1) is 11.4. The summed E-state index contributed by atoms with van der Waals surface area (Å²) >= 11 is 1.67. The van der Waals surface area contributed by atoms with Crippen LogP contribution in [0.1, 0.15) is 17.7 Å². The lowest BCUT2D eigenvalue weighted by molar-refractivity contribution is -0.132. The summed E-state index contributed by atoms with van der Waals surface area (Å²) in [5.41, 5.74) is 6.67. The number of amides is 1. The number of thiophene rings is 1. The Morgan fingerprint density at radius 2 is 2.50 bits per heavy atom. The Morgan fingerprint density at radius 3 is 3.12 bits per heavy atom. The number of nitrogen functional groups attached to an aromatic ring is 1. The van der Waals surface area contributed by atoms with Gasteiger partial charge in [0.15, 0.2) is 0 Å². The van der Waals surface area contributed by atoms with E-state index in [2.05, 4.69) is 5.32 Å². The molecular formula is C11H17N3OS. The number of hydrogen-bond acceptors (Lipinski definition) is 4. The van der Waals surface area contributed by atoms with E-state index in [9.17, 15) is 4.79 Å². The number of piperidine rings is 1. The molecule has 1 aromatic heterocycles. The summed E-state index contributed by atoms with van der Waals surface area (Å²) in [4.78, 5) is 14.3. The summed E-state index contributed by atoms with van der Waals surface area (Å²) in [6.45, 7) is 1.60. The molecule has 2 heterocycles. The molecule has 0 aliphatic carbocycles. The second-order valence-electron chi connectivity index (χ2n) is 4.19. The lowest BCUT2D eigenvalue weighted by Gasteiger charge is -2.30. The first-order chi connectivity index (χ1) is 7.66. The van der Waals surface area contributed by atoms with Crippen LogP contribution in [0.5, 0.6) is 0 Å². The van der Waals surface area contributed by atoms with Gasteiger partial charge in [0, 0.05) is 43.2 Å². The molecule has 1 aromatic rings. The molecule has 1 atom stereocenters. The zero-order chi connectivity index (χ0) is 11.5. The molecule has 4 nitrogen and oxygen atoms in total. The molecular weight excluding hydrogens is 222 g/mol. The quantitative estimate of drug-likeness (QED) is 0.828. The number of carbonyl (C=O) groups excluding carboxylic acids is 1. The minimum absolute atomic E-state index is 0.244. The number of nitrogens with one attached hydrogen (secondary N) is 1. The molecule has 88 valence electrons. The van der Waals surface area contributed by atoms with Crippen LogP contribution in [-0.2, 0) is 11.3 Å². The standard InChI is InChI=1S/C11H17N3OS/c1-14-7-8(2-3-11(14)15)13-6-10-9(12)4-5-16-10/h4-5,8,13H,2-3,6-7,12H2,1H3. The number of anilines is 1. The van der Waals surface area contributed by atoms with Crippen molar-refractivity contribution >= 4 is 22.9 Å². The maximum atomic E-state index is 11.3. The van der Waals surface area contributed by atoms with Crippen LogP contribution in [0.25, 0.3) is 0 Å². The summed E-state index contributed by atoms with van der Waals surface area (Å²) in [7, 11) is 1.86. The topological polar surface area (TPSA) is 58.4 Å². The molecule has 0 radical (unpaired) electrons. The van der Waals surface area contributed by atoms with Crippen molar-refractivity contribution in [3.8, 4) is 0 Å². The average molecular weight is 239 g/mol. The Balaban J connectivity index is 1.83. The summed E-state index contributed by atoms with van der Waals surface area (Å²) in [6, 6.07) is 2.32. The molecule has 16 heavy (non-hydrogen) atoms. The Bertz CT molecular complexity index is 377. The Morgan fingerprint density at radius 1 is 1.69 bits per heavy atom. The van der Waals surface area contributed by atoms with Gasteiger partial charge < -0.3 is 16.0 Å². The van der Waals surface area contributed by atoms with Gasteiger partial charge in [0.2, 0.25) is 5.91 Å². The molecule has 2 rings (SSSR count). The third kappa shape index (κ3) is 2.54. The van der Waals surface area contributed by atoms with Crippen LogP contribution in [0.4, 0.5) is 5.69 Å². The van der Waals surface area contributed by atoms with Crippen LogP contribution >= 0.6 is 11.3 Å². The molecule has 0 bridgehead atoms. The van der Waals surface area contributed by atoms with E-state index < -0.39 is 0 Å². The van der Waals surface area contributed by atoms with E-state index in [0.717, 1.165) is 25.2 Å². The van der Waals surface area contributed by atoms with Crippen LogP contribution in [0, 0.1) is 0 Å². The van der Waals surface area contributed by atoms with Gasteiger partial charge in [-0.2, -0.15) is 0 Å². The van der Waals surface area contributed by atoms with Gasteiger partial charge in [0.1, 0.15) is 0 Å². The van der Waals surface area contributed by atoms with E-state index in [-0.39, 0.29) is 5.91 Å². The lowest BCUT2D eigenvalue weighted by atomic mass is 10.1. The number of nitrogens with two attached hydrogens (primary N) is 1. The van der Waals surface area contributed by atoms with Gasteiger partial charge in [0.05, 0.1) is 0 Å². The average Bonchev–Trinajstić information content (AvgIpc) is 2.66. The number of carbonyl (C=O) groups is 1. The van der Waals surface area contributed by atoms with Crippen LogP contribution in [0.15, 0.2) is 11.4 Å². The third-order valence-electron chi connectivity index (χ3n) is 2.96. The zero-order valence-electron chi connectivity index (χ0n) is 9.40. The highest BCUT2D eigenvalue weighted by Gasteiger charge is 2.22. The smallest absolute Gasteiger partial charge is 0.222 e. The van der Waals surface area contributed by atoms with Crippen molar-refractivity contribution in [3.63, 3.8) is 0 Å². The van der Waals surface area contributed by atoms with E-state index in [0.29, 0.717) is 12.5 Å². The number of likely N-dealkylation sites (tertiary alicyclic amines) is 1. The van der Waals surface area contributed by atoms with E-state index in [1.54, 1.807) is 16.2 Å².